The van der Waals surface area contributed by atoms with E-state index in [9.17, 15) is 9.59 Å². The Hall–Kier alpha value is -1.89. The predicted octanol–water partition coefficient (Wildman–Crippen LogP) is 1.47. The van der Waals surface area contributed by atoms with Crippen LogP contribution in [0.4, 0.5) is 4.79 Å². The summed E-state index contributed by atoms with van der Waals surface area (Å²) < 4.78 is 4.80. The molecule has 0 aromatic carbocycles. The Kier molecular flexibility index (Phi) is 2.98. The smallest absolute Gasteiger partial charge is 0.416 e. The Balaban J connectivity index is 1.87. The summed E-state index contributed by atoms with van der Waals surface area (Å²) in [7, 11) is 0. The van der Waals surface area contributed by atoms with Gasteiger partial charge in [-0.2, -0.15) is 0 Å². The lowest BCUT2D eigenvalue weighted by atomic mass is 9.96. The number of ether oxygens (including phenoxy) is 1. The standard InChI is InChI=1S/C12H12N2O4S/c1-7-9(11(15)14-4-5-17-12(14)16)10(13-18-7)8-3-2-6-19-8/h2-3,6-7,9H,4-5H2,1H3/t7-,9-/m0/s1. The van der Waals surface area contributed by atoms with Crippen molar-refractivity contribution >= 4 is 29.0 Å². The summed E-state index contributed by atoms with van der Waals surface area (Å²) in [6.07, 6.45) is -0.965. The fourth-order valence-electron chi connectivity index (χ4n) is 2.18. The van der Waals surface area contributed by atoms with Gasteiger partial charge in [0.25, 0.3) is 0 Å². The summed E-state index contributed by atoms with van der Waals surface area (Å²) >= 11 is 1.49. The summed E-state index contributed by atoms with van der Waals surface area (Å²) in [5.41, 5.74) is 0.590. The molecule has 0 saturated carbocycles. The van der Waals surface area contributed by atoms with E-state index < -0.39 is 12.0 Å². The molecule has 2 aliphatic rings. The summed E-state index contributed by atoms with van der Waals surface area (Å²) in [5, 5.41) is 5.89. The van der Waals surface area contributed by atoms with E-state index in [1.807, 2.05) is 17.5 Å². The van der Waals surface area contributed by atoms with Gasteiger partial charge in [-0.3, -0.25) is 4.79 Å². The van der Waals surface area contributed by atoms with E-state index in [-0.39, 0.29) is 18.6 Å². The number of amides is 2. The number of carbonyl (C=O) groups is 2. The third-order valence-electron chi connectivity index (χ3n) is 3.15. The van der Waals surface area contributed by atoms with Gasteiger partial charge in [-0.1, -0.05) is 11.2 Å². The van der Waals surface area contributed by atoms with Crippen molar-refractivity contribution in [1.82, 2.24) is 4.90 Å². The Morgan fingerprint density at radius 1 is 1.58 bits per heavy atom. The normalized spacial score (nSPS) is 26.1. The van der Waals surface area contributed by atoms with Crippen LogP contribution in [0, 0.1) is 5.92 Å². The molecule has 0 unspecified atom stereocenters. The fourth-order valence-corrected chi connectivity index (χ4v) is 2.93. The highest BCUT2D eigenvalue weighted by Gasteiger charge is 2.43. The van der Waals surface area contributed by atoms with E-state index in [0.717, 1.165) is 9.78 Å². The number of carbonyl (C=O) groups excluding carboxylic acids is 2. The Bertz CT molecular complexity index is 540. The molecule has 0 bridgehead atoms. The summed E-state index contributed by atoms with van der Waals surface area (Å²) in [6, 6.07) is 3.77. The molecule has 3 heterocycles. The molecule has 2 atom stereocenters. The second-order valence-corrected chi connectivity index (χ2v) is 5.29. The lowest BCUT2D eigenvalue weighted by Gasteiger charge is -2.18. The van der Waals surface area contributed by atoms with E-state index in [1.165, 1.54) is 11.3 Å². The SMILES string of the molecule is C[C@@H]1ON=C(c2cccs2)[C@H]1C(=O)N1CCOC1=O. The number of hydrogen-bond acceptors (Lipinski definition) is 6. The number of hydrogen-bond donors (Lipinski definition) is 0. The van der Waals surface area contributed by atoms with Crippen LogP contribution in [-0.2, 0) is 14.4 Å². The zero-order valence-corrected chi connectivity index (χ0v) is 11.1. The highest BCUT2D eigenvalue weighted by molar-refractivity contribution is 7.12. The van der Waals surface area contributed by atoms with Crippen LogP contribution in [0.5, 0.6) is 0 Å². The zero-order valence-electron chi connectivity index (χ0n) is 10.2. The van der Waals surface area contributed by atoms with Crippen molar-refractivity contribution in [3.05, 3.63) is 22.4 Å². The van der Waals surface area contributed by atoms with Gasteiger partial charge >= 0.3 is 6.09 Å². The van der Waals surface area contributed by atoms with Gasteiger partial charge in [0.05, 0.1) is 11.4 Å². The third-order valence-corrected chi connectivity index (χ3v) is 4.04. The van der Waals surface area contributed by atoms with E-state index in [1.54, 1.807) is 6.92 Å². The molecule has 1 saturated heterocycles. The highest BCUT2D eigenvalue weighted by Crippen LogP contribution is 2.28. The number of oxime groups is 1. The minimum Gasteiger partial charge on any atom is -0.447 e. The van der Waals surface area contributed by atoms with E-state index in [0.29, 0.717) is 12.3 Å². The topological polar surface area (TPSA) is 68.2 Å². The minimum absolute atomic E-state index is 0.248. The number of rotatable bonds is 2. The van der Waals surface area contributed by atoms with Crippen LogP contribution < -0.4 is 0 Å². The summed E-state index contributed by atoms with van der Waals surface area (Å²) in [4.78, 5) is 31.1. The van der Waals surface area contributed by atoms with Gasteiger partial charge in [-0.25, -0.2) is 9.69 Å². The first kappa shape index (κ1) is 12.2. The first-order chi connectivity index (χ1) is 9.18. The van der Waals surface area contributed by atoms with Crippen LogP contribution in [0.3, 0.4) is 0 Å². The molecule has 0 aliphatic carbocycles. The van der Waals surface area contributed by atoms with E-state index in [4.69, 9.17) is 9.57 Å². The lowest BCUT2D eigenvalue weighted by molar-refractivity contribution is -0.132. The maximum absolute atomic E-state index is 12.4. The molecule has 2 amide bonds. The molecule has 7 heteroatoms. The Morgan fingerprint density at radius 2 is 2.42 bits per heavy atom. The van der Waals surface area contributed by atoms with Crippen molar-refractivity contribution < 1.29 is 19.2 Å². The minimum atomic E-state index is -0.588. The Morgan fingerprint density at radius 3 is 3.05 bits per heavy atom. The quantitative estimate of drug-likeness (QED) is 0.822. The lowest BCUT2D eigenvalue weighted by Crippen LogP contribution is -2.42. The van der Waals surface area contributed by atoms with Gasteiger partial charge in [0.15, 0.2) is 0 Å². The molecule has 100 valence electrons. The highest BCUT2D eigenvalue weighted by atomic mass is 32.1. The van der Waals surface area contributed by atoms with Gasteiger partial charge in [-0.15, -0.1) is 11.3 Å². The van der Waals surface area contributed by atoms with Crippen molar-refractivity contribution in [3.63, 3.8) is 0 Å². The van der Waals surface area contributed by atoms with E-state index in [2.05, 4.69) is 5.16 Å². The monoisotopic (exact) mass is 280 g/mol. The summed E-state index contributed by atoms with van der Waals surface area (Å²) in [5.74, 6) is -0.857. The number of cyclic esters (lactones) is 1. The zero-order chi connectivity index (χ0) is 13.4. The van der Waals surface area contributed by atoms with Gasteiger partial charge < -0.3 is 9.57 Å². The van der Waals surface area contributed by atoms with Gasteiger partial charge in [0.1, 0.15) is 24.3 Å². The molecule has 2 aliphatic heterocycles. The average Bonchev–Trinajstić information content (AvgIpc) is 3.07. The molecule has 3 rings (SSSR count). The van der Waals surface area contributed by atoms with Crippen molar-refractivity contribution in [1.29, 1.82) is 0 Å². The number of thiophene rings is 1. The molecule has 1 fully saturated rings. The van der Waals surface area contributed by atoms with Gasteiger partial charge in [0, 0.05) is 0 Å². The molecule has 0 spiro atoms. The van der Waals surface area contributed by atoms with Crippen LogP contribution in [0.25, 0.3) is 0 Å². The molecular weight excluding hydrogens is 268 g/mol. The fraction of sp³-hybridized carbons (Fsp3) is 0.417. The second-order valence-electron chi connectivity index (χ2n) is 4.35. The van der Waals surface area contributed by atoms with Crippen molar-refractivity contribution in [2.45, 2.75) is 13.0 Å². The molecule has 6 nitrogen and oxygen atoms in total. The van der Waals surface area contributed by atoms with Crippen LogP contribution in [-0.4, -0.2) is 41.9 Å². The number of imide groups is 1. The first-order valence-corrected chi connectivity index (χ1v) is 6.82. The Labute approximate surface area is 113 Å². The molecule has 1 aromatic rings. The van der Waals surface area contributed by atoms with Crippen LogP contribution in [0.1, 0.15) is 11.8 Å². The van der Waals surface area contributed by atoms with Gasteiger partial charge in [0.2, 0.25) is 5.91 Å². The largest absolute Gasteiger partial charge is 0.447 e. The molecule has 1 aromatic heterocycles. The average molecular weight is 280 g/mol. The molecule has 0 radical (unpaired) electrons. The molecule has 19 heavy (non-hydrogen) atoms. The third kappa shape index (κ3) is 1.99. The van der Waals surface area contributed by atoms with Crippen LogP contribution in [0.15, 0.2) is 22.7 Å². The van der Waals surface area contributed by atoms with Crippen LogP contribution >= 0.6 is 11.3 Å². The molecule has 0 N–H and O–H groups in total. The van der Waals surface area contributed by atoms with Crippen molar-refractivity contribution in [2.24, 2.45) is 11.1 Å². The second kappa shape index (κ2) is 4.65. The van der Waals surface area contributed by atoms with Gasteiger partial charge in [-0.05, 0) is 18.4 Å². The van der Waals surface area contributed by atoms with Crippen LogP contribution in [0.2, 0.25) is 0 Å². The number of nitrogens with zero attached hydrogens (tertiary/aromatic N) is 2. The summed E-state index contributed by atoms with van der Waals surface area (Å²) in [6.45, 7) is 2.31. The maximum Gasteiger partial charge on any atom is 0.416 e. The molecular formula is C12H12N2O4S. The van der Waals surface area contributed by atoms with E-state index >= 15 is 0 Å². The maximum atomic E-state index is 12.4. The first-order valence-electron chi connectivity index (χ1n) is 5.94. The predicted molar refractivity (Wildman–Crippen MR) is 68.0 cm³/mol. The van der Waals surface area contributed by atoms with Crippen molar-refractivity contribution in [2.75, 3.05) is 13.2 Å². The van der Waals surface area contributed by atoms with Crippen molar-refractivity contribution in [3.8, 4) is 0 Å².